The second-order valence-electron chi connectivity index (χ2n) is 8.62. The van der Waals surface area contributed by atoms with Gasteiger partial charge >= 0.3 is 5.69 Å². The smallest absolute Gasteiger partial charge is 0.333 e. The SMILES string of the molecule is C=C/C=C\C.CC1C(CCO)OC(n2ccc(=O)n(Cc3ccc(-c4ccccc4)o3)c2=O)C1C.OP.OP.OP. The minimum atomic E-state index is -0.479. The van der Waals surface area contributed by atoms with E-state index in [2.05, 4.69) is 13.5 Å². The Balaban J connectivity index is 0.00000128. The largest absolute Gasteiger partial charge is 0.459 e. The lowest BCUT2D eigenvalue weighted by molar-refractivity contribution is -0.0249. The van der Waals surface area contributed by atoms with E-state index in [-0.39, 0.29) is 36.7 Å². The molecule has 1 aliphatic rings. The monoisotopic (exact) mass is 628 g/mol. The number of benzene rings is 1. The van der Waals surface area contributed by atoms with Crippen molar-refractivity contribution >= 4 is 28.4 Å². The number of aliphatic hydroxyl groups excluding tert-OH is 1. The van der Waals surface area contributed by atoms with Crippen LogP contribution in [0.5, 0.6) is 0 Å². The molecule has 3 heterocycles. The first-order valence-electron chi connectivity index (χ1n) is 12.6. The van der Waals surface area contributed by atoms with E-state index in [1.54, 1.807) is 12.1 Å². The summed E-state index contributed by atoms with van der Waals surface area (Å²) in [6.07, 6.45) is 6.99. The highest BCUT2D eigenvalue weighted by molar-refractivity contribution is 7.08. The Hall–Kier alpha value is -2.25. The Bertz CT molecular complexity index is 1260. The van der Waals surface area contributed by atoms with Crippen molar-refractivity contribution in [1.82, 2.24) is 9.13 Å². The van der Waals surface area contributed by atoms with Crippen LogP contribution in [-0.4, -0.2) is 41.6 Å². The molecule has 4 rings (SSSR count). The molecule has 1 saturated heterocycles. The third kappa shape index (κ3) is 11.5. The summed E-state index contributed by atoms with van der Waals surface area (Å²) in [5, 5.41) is 9.27. The van der Waals surface area contributed by atoms with Crippen LogP contribution in [0.4, 0.5) is 0 Å². The highest BCUT2D eigenvalue weighted by atomic mass is 31.0. The number of nitrogens with zero attached hydrogens (tertiary/aromatic N) is 2. The zero-order valence-corrected chi connectivity index (χ0v) is 27.1. The quantitative estimate of drug-likeness (QED) is 0.228. The van der Waals surface area contributed by atoms with Gasteiger partial charge in [-0.2, -0.15) is 0 Å². The molecule has 0 bridgehead atoms. The first kappa shape index (κ1) is 38.8. The van der Waals surface area contributed by atoms with Crippen molar-refractivity contribution in [3.05, 3.63) is 106 Å². The van der Waals surface area contributed by atoms with Crippen molar-refractivity contribution in [3.63, 3.8) is 0 Å². The summed E-state index contributed by atoms with van der Waals surface area (Å²) in [7, 11) is 4.25. The predicted molar refractivity (Wildman–Crippen MR) is 173 cm³/mol. The van der Waals surface area contributed by atoms with Crippen molar-refractivity contribution in [2.75, 3.05) is 6.61 Å². The van der Waals surface area contributed by atoms with Crippen LogP contribution in [0.1, 0.15) is 39.2 Å². The van der Waals surface area contributed by atoms with Gasteiger partial charge in [0, 0.05) is 30.4 Å². The molecule has 228 valence electrons. The fourth-order valence-electron chi connectivity index (χ4n) is 4.19. The Labute approximate surface area is 248 Å². The molecule has 13 heteroatoms. The third-order valence-corrected chi connectivity index (χ3v) is 6.33. The lowest BCUT2D eigenvalue weighted by atomic mass is 9.91. The average Bonchev–Trinajstić information content (AvgIpc) is 3.60. The summed E-state index contributed by atoms with van der Waals surface area (Å²) in [4.78, 5) is 46.3. The summed E-state index contributed by atoms with van der Waals surface area (Å²) in [6.45, 7) is 9.58. The van der Waals surface area contributed by atoms with Crippen molar-refractivity contribution in [3.8, 4) is 11.3 Å². The molecule has 41 heavy (non-hydrogen) atoms. The molecule has 1 fully saturated rings. The second-order valence-corrected chi connectivity index (χ2v) is 8.62. The number of aromatic nitrogens is 2. The first-order valence-corrected chi connectivity index (χ1v) is 14.2. The minimum Gasteiger partial charge on any atom is -0.459 e. The van der Waals surface area contributed by atoms with Gasteiger partial charge in [-0.15, -0.1) is 0 Å². The van der Waals surface area contributed by atoms with Gasteiger partial charge in [-0.25, -0.2) is 4.79 Å². The minimum absolute atomic E-state index is 0.0328. The van der Waals surface area contributed by atoms with E-state index in [0.29, 0.717) is 17.9 Å². The summed E-state index contributed by atoms with van der Waals surface area (Å²) in [6, 6.07) is 14.6. The van der Waals surface area contributed by atoms with Crippen LogP contribution in [0.25, 0.3) is 11.3 Å². The standard InChI is InChI=1S/C23H26N2O5.C5H8.3H3OP/c1-15-16(2)22(30-19(15)11-13-26)24-12-10-21(27)25(23(24)28)14-18-8-9-20(29-18)17-6-4-3-5-7-17;1-3-5-4-2;3*1-2/h3-10,12,15-16,19,22,26H,11,13-14H2,1-2H3;3-5H,1H2,2H3;3*1H,2H2/b;5-4-;;;. The Morgan fingerprint density at radius 3 is 2.12 bits per heavy atom. The molecular weight excluding hydrogens is 585 g/mol. The highest BCUT2D eigenvalue weighted by Crippen LogP contribution is 2.39. The fraction of sp³-hybridized carbons (Fsp3) is 0.357. The summed E-state index contributed by atoms with van der Waals surface area (Å²) in [5.41, 5.74) is 0.104. The number of furan rings is 1. The molecule has 7 unspecified atom stereocenters. The molecule has 0 radical (unpaired) electrons. The lowest BCUT2D eigenvalue weighted by Gasteiger charge is -2.19. The molecule has 2 aromatic heterocycles. The number of aliphatic hydroxyl groups is 1. The lowest BCUT2D eigenvalue weighted by Crippen LogP contribution is -2.41. The van der Waals surface area contributed by atoms with Crippen molar-refractivity contribution in [2.24, 2.45) is 11.8 Å². The van der Waals surface area contributed by atoms with E-state index in [4.69, 9.17) is 23.8 Å². The Morgan fingerprint density at radius 1 is 0.951 bits per heavy atom. The van der Waals surface area contributed by atoms with Crippen LogP contribution in [0.2, 0.25) is 0 Å². The van der Waals surface area contributed by atoms with Crippen LogP contribution in [0, 0.1) is 11.8 Å². The maximum absolute atomic E-state index is 13.1. The molecule has 7 atom stereocenters. The second kappa shape index (κ2) is 22.4. The van der Waals surface area contributed by atoms with Crippen LogP contribution < -0.4 is 11.2 Å². The van der Waals surface area contributed by atoms with Crippen molar-refractivity contribution < 1.29 is 28.9 Å². The molecule has 0 aliphatic carbocycles. The molecule has 0 saturated carbocycles. The number of hydrogen-bond acceptors (Lipinski definition) is 8. The summed E-state index contributed by atoms with van der Waals surface area (Å²) < 4.78 is 14.6. The van der Waals surface area contributed by atoms with E-state index in [9.17, 15) is 14.7 Å². The summed E-state index contributed by atoms with van der Waals surface area (Å²) >= 11 is 0. The van der Waals surface area contributed by atoms with Gasteiger partial charge in [-0.3, -0.25) is 13.9 Å². The first-order chi connectivity index (χ1) is 19.9. The normalized spacial score (nSPS) is 18.9. The average molecular weight is 629 g/mol. The van der Waals surface area contributed by atoms with Gasteiger partial charge in [0.15, 0.2) is 0 Å². The van der Waals surface area contributed by atoms with Crippen LogP contribution in [-0.2, 0) is 11.3 Å². The summed E-state index contributed by atoms with van der Waals surface area (Å²) in [5.74, 6) is 1.47. The maximum Gasteiger partial charge on any atom is 0.333 e. The molecule has 1 aliphatic heterocycles. The van der Waals surface area contributed by atoms with Gasteiger partial charge in [-0.1, -0.05) is 69.0 Å². The van der Waals surface area contributed by atoms with Gasteiger partial charge in [0.25, 0.3) is 5.56 Å². The van der Waals surface area contributed by atoms with E-state index in [1.807, 2.05) is 62.4 Å². The van der Waals surface area contributed by atoms with Gasteiger partial charge in [0.1, 0.15) is 17.7 Å². The van der Waals surface area contributed by atoms with Crippen molar-refractivity contribution in [2.45, 2.75) is 46.1 Å². The van der Waals surface area contributed by atoms with E-state index in [0.717, 1.165) is 10.1 Å². The topological polar surface area (TPSA) is 147 Å². The Morgan fingerprint density at radius 2 is 1.59 bits per heavy atom. The highest BCUT2D eigenvalue weighted by Gasteiger charge is 2.40. The molecule has 1 aromatic carbocycles. The molecular formula is C28H43N2O8P3. The molecule has 0 spiro atoms. The van der Waals surface area contributed by atoms with E-state index >= 15 is 0 Å². The third-order valence-electron chi connectivity index (χ3n) is 6.33. The fourth-order valence-corrected chi connectivity index (χ4v) is 4.19. The number of allylic oxidation sites excluding steroid dienone is 3. The molecule has 0 amide bonds. The van der Waals surface area contributed by atoms with E-state index < -0.39 is 11.9 Å². The van der Waals surface area contributed by atoms with Crippen LogP contribution >= 0.6 is 28.4 Å². The number of ether oxygens (including phenoxy) is 1. The van der Waals surface area contributed by atoms with Gasteiger partial charge in [-0.05, 0) is 59.8 Å². The molecule has 4 N–H and O–H groups in total. The predicted octanol–water partition coefficient (Wildman–Crippen LogP) is 3.93. The number of hydrogen-bond donors (Lipinski definition) is 4. The van der Waals surface area contributed by atoms with Gasteiger partial charge in [0.2, 0.25) is 0 Å². The zero-order valence-electron chi connectivity index (χ0n) is 23.6. The van der Waals surface area contributed by atoms with Crippen LogP contribution in [0.15, 0.2) is 93.5 Å². The molecule has 10 nitrogen and oxygen atoms in total. The molecule has 3 aromatic rings. The van der Waals surface area contributed by atoms with Gasteiger partial charge in [0.05, 0.1) is 12.6 Å². The van der Waals surface area contributed by atoms with Crippen molar-refractivity contribution in [1.29, 1.82) is 0 Å². The zero-order chi connectivity index (χ0) is 31.4. The van der Waals surface area contributed by atoms with E-state index in [1.165, 1.54) is 45.2 Å². The maximum atomic E-state index is 13.1. The van der Waals surface area contributed by atoms with Crippen LogP contribution in [0.3, 0.4) is 0 Å². The number of rotatable bonds is 7. The Kier molecular flexibility index (Phi) is 21.1. The van der Waals surface area contributed by atoms with Gasteiger partial charge < -0.3 is 28.9 Å².